The number of carbonyl (C=O) groups excluding carboxylic acids is 2. The molecule has 1 aromatic carbocycles. The number of hydrogen-bond acceptors (Lipinski definition) is 5. The van der Waals surface area contributed by atoms with Crippen molar-refractivity contribution < 1.29 is 27.9 Å². The van der Waals surface area contributed by atoms with Crippen molar-refractivity contribution in [3.05, 3.63) is 23.8 Å². The normalized spacial score (nSPS) is 17.1. The molecule has 0 bridgehead atoms. The summed E-state index contributed by atoms with van der Waals surface area (Å²) in [5, 5.41) is 1.64. The second kappa shape index (κ2) is 4.95. The molecule has 0 aliphatic carbocycles. The Morgan fingerprint density at radius 1 is 1.44 bits per heavy atom. The summed E-state index contributed by atoms with van der Waals surface area (Å²) in [6, 6.07) is 4.56. The number of Topliss-reactive ketones (excluding diaryl/α,β-unsaturated/α-hetero) is 1. The number of benzene rings is 1. The Morgan fingerprint density at radius 2 is 2.22 bits per heavy atom. The predicted molar refractivity (Wildman–Crippen MR) is 61.9 cm³/mol. The third kappa shape index (κ3) is 2.37. The summed E-state index contributed by atoms with van der Waals surface area (Å²) in [5.41, 5.74) is 0.272. The van der Waals surface area contributed by atoms with E-state index in [1.165, 1.54) is 19.1 Å². The lowest BCUT2D eigenvalue weighted by atomic mass is 10.1. The number of ketones is 1. The van der Waals surface area contributed by atoms with Crippen LogP contribution in [0.25, 0.3) is 0 Å². The van der Waals surface area contributed by atoms with E-state index in [-0.39, 0.29) is 12.4 Å². The van der Waals surface area contributed by atoms with Crippen molar-refractivity contribution in [3.8, 4) is 11.5 Å². The van der Waals surface area contributed by atoms with Gasteiger partial charge in [-0.1, -0.05) is 0 Å². The number of nitrogens with one attached hydrogen (secondary N) is 1. The molecule has 18 heavy (non-hydrogen) atoms. The van der Waals surface area contributed by atoms with Gasteiger partial charge in [-0.25, -0.2) is 4.79 Å². The van der Waals surface area contributed by atoms with Gasteiger partial charge in [-0.15, -0.1) is 0 Å². The minimum absolute atomic E-state index is 0.0834. The van der Waals surface area contributed by atoms with Crippen LogP contribution >= 0.6 is 0 Å². The molecule has 1 atom stereocenters. The van der Waals surface area contributed by atoms with Crippen molar-refractivity contribution >= 4 is 11.9 Å². The van der Waals surface area contributed by atoms with E-state index in [1.807, 2.05) is 0 Å². The molecular formula is C12H13NO5. The van der Waals surface area contributed by atoms with Gasteiger partial charge in [0.05, 0.1) is 0 Å². The Hall–Kier alpha value is -2.24. The minimum atomic E-state index is -2.67. The maximum absolute atomic E-state index is 12.1. The van der Waals surface area contributed by atoms with E-state index in [0.29, 0.717) is 11.5 Å². The molecule has 2 rings (SSSR count). The summed E-state index contributed by atoms with van der Waals surface area (Å²) in [7, 11) is 0. The number of carbonyl (C=O) groups is 2. The monoisotopic (exact) mass is 254 g/mol. The van der Waals surface area contributed by atoms with Crippen LogP contribution in [0.3, 0.4) is 0 Å². The van der Waals surface area contributed by atoms with Crippen LogP contribution in [0.2, 0.25) is 0 Å². The van der Waals surface area contributed by atoms with E-state index in [4.69, 9.17) is 18.3 Å². The maximum Gasteiger partial charge on any atom is 0.407 e. The Kier molecular flexibility index (Phi) is 2.42. The molecule has 6 heteroatoms. The minimum Gasteiger partial charge on any atom is -0.454 e. The fourth-order valence-corrected chi connectivity index (χ4v) is 1.53. The molecule has 0 unspecified atom stereocenters. The standard InChI is InChI=1S/C12H13NO5/c1-7(18-12(15)13-2)11(14)8-3-4-9-10(5-8)17-6-16-9/h3-5,7H,6H2,1-2H3,(H,13,15)/t7-/m0/s1/i2D3. The summed E-state index contributed by atoms with van der Waals surface area (Å²) in [5.74, 6) is 0.481. The SMILES string of the molecule is [2H]C([2H])([2H])NC(=O)O[C@@H](C)C(=O)c1ccc2c(c1)OCO2. The molecule has 0 radical (unpaired) electrons. The zero-order chi connectivity index (χ0) is 15.6. The second-order valence-corrected chi connectivity index (χ2v) is 3.60. The van der Waals surface area contributed by atoms with E-state index >= 15 is 0 Å². The van der Waals surface area contributed by atoms with Crippen LogP contribution in [0.5, 0.6) is 11.5 Å². The van der Waals surface area contributed by atoms with Crippen LogP contribution in [-0.4, -0.2) is 31.7 Å². The van der Waals surface area contributed by atoms with Crippen LogP contribution < -0.4 is 14.8 Å². The number of hydrogen-bond donors (Lipinski definition) is 1. The summed E-state index contributed by atoms with van der Waals surface area (Å²) < 4.78 is 35.6. The van der Waals surface area contributed by atoms with E-state index in [9.17, 15) is 9.59 Å². The van der Waals surface area contributed by atoms with Gasteiger partial charge in [-0.3, -0.25) is 4.79 Å². The molecule has 6 nitrogen and oxygen atoms in total. The quantitative estimate of drug-likeness (QED) is 0.824. The van der Waals surface area contributed by atoms with Crippen LogP contribution in [0.4, 0.5) is 4.79 Å². The average molecular weight is 254 g/mol. The first kappa shape index (κ1) is 8.79. The Labute approximate surface area is 108 Å². The number of amides is 1. The van der Waals surface area contributed by atoms with Crippen molar-refractivity contribution in [1.82, 2.24) is 5.32 Å². The number of rotatable bonds is 3. The van der Waals surface area contributed by atoms with Gasteiger partial charge in [0, 0.05) is 16.7 Å². The summed E-state index contributed by atoms with van der Waals surface area (Å²) in [6.45, 7) is -1.23. The second-order valence-electron chi connectivity index (χ2n) is 3.60. The van der Waals surface area contributed by atoms with Gasteiger partial charge < -0.3 is 19.5 Å². The van der Waals surface area contributed by atoms with Gasteiger partial charge in [0.1, 0.15) is 0 Å². The van der Waals surface area contributed by atoms with Crippen molar-refractivity contribution in [2.45, 2.75) is 13.0 Å². The highest BCUT2D eigenvalue weighted by atomic mass is 16.7. The zero-order valence-corrected chi connectivity index (χ0v) is 9.56. The fourth-order valence-electron chi connectivity index (χ4n) is 1.53. The largest absolute Gasteiger partial charge is 0.454 e. The summed E-state index contributed by atoms with van der Waals surface area (Å²) in [6.07, 6.45) is -2.32. The third-order valence-corrected chi connectivity index (χ3v) is 2.41. The van der Waals surface area contributed by atoms with Crippen LogP contribution in [-0.2, 0) is 4.74 Å². The molecule has 1 amide bonds. The topological polar surface area (TPSA) is 73.9 Å². The molecular weight excluding hydrogens is 238 g/mol. The molecule has 1 aliphatic heterocycles. The van der Waals surface area contributed by atoms with Crippen molar-refractivity contribution in [2.24, 2.45) is 0 Å². The molecule has 1 aromatic rings. The van der Waals surface area contributed by atoms with E-state index in [0.717, 1.165) is 0 Å². The highest BCUT2D eigenvalue weighted by Crippen LogP contribution is 2.32. The van der Waals surface area contributed by atoms with Gasteiger partial charge in [0.25, 0.3) is 0 Å². The van der Waals surface area contributed by atoms with Gasteiger partial charge >= 0.3 is 6.09 Å². The lowest BCUT2D eigenvalue weighted by Gasteiger charge is -2.11. The Morgan fingerprint density at radius 3 is 3.00 bits per heavy atom. The lowest BCUT2D eigenvalue weighted by Crippen LogP contribution is -2.29. The third-order valence-electron chi connectivity index (χ3n) is 2.41. The Bertz CT molecular complexity index is 573. The Balaban J connectivity index is 2.01. The number of alkyl carbamates (subject to hydrolysis) is 1. The van der Waals surface area contributed by atoms with Crippen LogP contribution in [0.1, 0.15) is 21.4 Å². The van der Waals surface area contributed by atoms with Crippen molar-refractivity contribution in [2.75, 3.05) is 13.8 Å². The first-order valence-electron chi connectivity index (χ1n) is 6.69. The molecule has 0 fully saturated rings. The van der Waals surface area contributed by atoms with Crippen molar-refractivity contribution in [1.29, 1.82) is 0 Å². The average Bonchev–Trinajstić information content (AvgIpc) is 2.82. The van der Waals surface area contributed by atoms with E-state index in [2.05, 4.69) is 0 Å². The maximum atomic E-state index is 12.1. The predicted octanol–water partition coefficient (Wildman–Crippen LogP) is 1.34. The van der Waals surface area contributed by atoms with Gasteiger partial charge in [0.15, 0.2) is 17.6 Å². The van der Waals surface area contributed by atoms with Crippen LogP contribution in [0.15, 0.2) is 18.2 Å². The molecule has 1 aliphatic rings. The van der Waals surface area contributed by atoms with Crippen LogP contribution in [0, 0.1) is 0 Å². The molecule has 96 valence electrons. The van der Waals surface area contributed by atoms with E-state index < -0.39 is 25.0 Å². The highest BCUT2D eigenvalue weighted by molar-refractivity contribution is 6.00. The van der Waals surface area contributed by atoms with Crippen molar-refractivity contribution in [3.63, 3.8) is 0 Å². The molecule has 1 heterocycles. The fraction of sp³-hybridized carbons (Fsp3) is 0.333. The first-order valence-corrected chi connectivity index (χ1v) is 5.19. The summed E-state index contributed by atoms with van der Waals surface area (Å²) >= 11 is 0. The highest BCUT2D eigenvalue weighted by Gasteiger charge is 2.22. The van der Waals surface area contributed by atoms with Gasteiger partial charge in [-0.2, -0.15) is 0 Å². The van der Waals surface area contributed by atoms with Gasteiger partial charge in [0.2, 0.25) is 12.6 Å². The van der Waals surface area contributed by atoms with Gasteiger partial charge in [-0.05, 0) is 25.1 Å². The molecule has 1 N–H and O–H groups in total. The molecule has 0 aromatic heterocycles. The zero-order valence-electron chi connectivity index (χ0n) is 12.6. The summed E-state index contributed by atoms with van der Waals surface area (Å²) in [4.78, 5) is 23.4. The smallest absolute Gasteiger partial charge is 0.407 e. The lowest BCUT2D eigenvalue weighted by molar-refractivity contribution is 0.0677. The first-order chi connectivity index (χ1) is 9.76. The molecule has 0 spiro atoms. The number of ether oxygens (including phenoxy) is 3. The number of fused-ring (bicyclic) bond motifs is 1. The molecule has 0 saturated carbocycles. The van der Waals surface area contributed by atoms with E-state index in [1.54, 1.807) is 11.4 Å². The molecule has 0 saturated heterocycles.